The zero-order chi connectivity index (χ0) is 22.1. The van der Waals surface area contributed by atoms with Crippen LogP contribution in [0.15, 0.2) is 24.3 Å². The highest BCUT2D eigenvalue weighted by molar-refractivity contribution is 5.50. The Labute approximate surface area is 184 Å². The lowest BCUT2D eigenvalue weighted by atomic mass is 9.79. The first kappa shape index (κ1) is 22.9. The van der Waals surface area contributed by atoms with Gasteiger partial charge in [0.2, 0.25) is 0 Å². The summed E-state index contributed by atoms with van der Waals surface area (Å²) in [5.74, 6) is 1.09. The van der Waals surface area contributed by atoms with Crippen LogP contribution in [0.4, 0.5) is 0 Å². The molecule has 0 spiro atoms. The Morgan fingerprint density at radius 2 is 1.10 bits per heavy atom. The average Bonchev–Trinajstić information content (AvgIpc) is 2.66. The van der Waals surface area contributed by atoms with Gasteiger partial charge in [-0.1, -0.05) is 65.8 Å². The zero-order valence-electron chi connectivity index (χ0n) is 20.4. The van der Waals surface area contributed by atoms with E-state index in [0.717, 1.165) is 38.0 Å². The largest absolute Gasteiger partial charge is 0.496 e. The molecule has 30 heavy (non-hydrogen) atoms. The standard InChI is InChI=1S/C28H40O2/c1-9-30-18-25-19-10-12-21-16-24(28(5,6)7)17-22(26(21)29-8)13-11-20(25)15-23(14-19)27(2,3)4/h14-17H,9-13,18H2,1-8H3. The smallest absolute Gasteiger partial charge is 0.125 e. The maximum absolute atomic E-state index is 5.93. The van der Waals surface area contributed by atoms with Crippen LogP contribution in [0.3, 0.4) is 0 Å². The molecular weight excluding hydrogens is 368 g/mol. The van der Waals surface area contributed by atoms with Gasteiger partial charge in [0.25, 0.3) is 0 Å². The number of rotatable bonds is 4. The topological polar surface area (TPSA) is 18.5 Å². The van der Waals surface area contributed by atoms with E-state index in [1.54, 1.807) is 0 Å². The molecule has 0 amide bonds. The molecule has 1 aliphatic rings. The van der Waals surface area contributed by atoms with Gasteiger partial charge in [-0.15, -0.1) is 0 Å². The molecule has 0 heterocycles. The van der Waals surface area contributed by atoms with Gasteiger partial charge >= 0.3 is 0 Å². The molecule has 2 aromatic carbocycles. The minimum Gasteiger partial charge on any atom is -0.496 e. The second-order valence-electron chi connectivity index (χ2n) is 10.7. The molecule has 2 aromatic rings. The third kappa shape index (κ3) is 4.91. The Morgan fingerprint density at radius 1 is 0.700 bits per heavy atom. The van der Waals surface area contributed by atoms with Crippen LogP contribution >= 0.6 is 0 Å². The summed E-state index contributed by atoms with van der Waals surface area (Å²) in [6.07, 6.45) is 4.02. The molecule has 2 heteroatoms. The fourth-order valence-corrected chi connectivity index (χ4v) is 4.43. The summed E-state index contributed by atoms with van der Waals surface area (Å²) in [6.45, 7) is 17.4. The molecule has 0 N–H and O–H groups in total. The van der Waals surface area contributed by atoms with Crippen molar-refractivity contribution in [3.63, 3.8) is 0 Å². The van der Waals surface area contributed by atoms with Crippen molar-refractivity contribution < 1.29 is 9.47 Å². The van der Waals surface area contributed by atoms with Crippen LogP contribution in [-0.2, 0) is 47.9 Å². The van der Waals surface area contributed by atoms with Crippen molar-refractivity contribution >= 4 is 0 Å². The van der Waals surface area contributed by atoms with Crippen LogP contribution in [0.5, 0.6) is 5.75 Å². The summed E-state index contributed by atoms with van der Waals surface area (Å²) in [5, 5.41) is 0. The quantitative estimate of drug-likeness (QED) is 0.560. The van der Waals surface area contributed by atoms with E-state index in [4.69, 9.17) is 9.47 Å². The van der Waals surface area contributed by atoms with Crippen molar-refractivity contribution in [2.75, 3.05) is 13.7 Å². The summed E-state index contributed by atoms with van der Waals surface area (Å²) >= 11 is 0. The summed E-state index contributed by atoms with van der Waals surface area (Å²) in [4.78, 5) is 0. The number of ether oxygens (including phenoxy) is 2. The van der Waals surface area contributed by atoms with Gasteiger partial charge in [0, 0.05) is 6.61 Å². The normalized spacial score (nSPS) is 14.5. The molecule has 0 unspecified atom stereocenters. The maximum atomic E-state index is 5.93. The number of benzene rings is 2. The second kappa shape index (κ2) is 8.75. The third-order valence-electron chi connectivity index (χ3n) is 6.39. The Bertz CT molecular complexity index is 844. The van der Waals surface area contributed by atoms with Gasteiger partial charge in [0.05, 0.1) is 13.7 Å². The van der Waals surface area contributed by atoms with Crippen molar-refractivity contribution in [1.82, 2.24) is 0 Å². The molecular formula is C28H40O2. The molecule has 2 nitrogen and oxygen atoms in total. The average molecular weight is 409 g/mol. The van der Waals surface area contributed by atoms with E-state index in [1.807, 2.05) is 7.11 Å². The molecule has 0 radical (unpaired) electrons. The van der Waals surface area contributed by atoms with E-state index in [9.17, 15) is 0 Å². The Hall–Kier alpha value is -1.80. The highest BCUT2D eigenvalue weighted by atomic mass is 16.5. The maximum Gasteiger partial charge on any atom is 0.125 e. The SMILES string of the molecule is CCOCc1c2cc(C(C)(C)C)cc1CCc1cc(C(C)(C)C)cc(c1OC)CC2. The van der Waals surface area contributed by atoms with E-state index in [-0.39, 0.29) is 10.8 Å². The van der Waals surface area contributed by atoms with Gasteiger partial charge in [-0.2, -0.15) is 0 Å². The van der Waals surface area contributed by atoms with Crippen LogP contribution in [0.2, 0.25) is 0 Å². The Kier molecular flexibility index (Phi) is 6.67. The van der Waals surface area contributed by atoms with Crippen LogP contribution in [0.25, 0.3) is 0 Å². The summed E-state index contributed by atoms with van der Waals surface area (Å²) in [5.41, 5.74) is 10.1. The lowest BCUT2D eigenvalue weighted by Gasteiger charge is -2.27. The van der Waals surface area contributed by atoms with Crippen molar-refractivity contribution in [3.8, 4) is 5.75 Å². The summed E-state index contributed by atoms with van der Waals surface area (Å²) < 4.78 is 11.8. The summed E-state index contributed by atoms with van der Waals surface area (Å²) in [6, 6.07) is 9.61. The fraction of sp³-hybridized carbons (Fsp3) is 0.571. The fourth-order valence-electron chi connectivity index (χ4n) is 4.43. The number of fused-ring (bicyclic) bond motifs is 4. The first-order valence-corrected chi connectivity index (χ1v) is 11.5. The van der Waals surface area contributed by atoms with Gasteiger partial charge in [0.1, 0.15) is 5.75 Å². The highest BCUT2D eigenvalue weighted by Crippen LogP contribution is 2.36. The summed E-state index contributed by atoms with van der Waals surface area (Å²) in [7, 11) is 1.82. The Balaban J connectivity index is 2.14. The monoisotopic (exact) mass is 408 g/mol. The molecule has 0 aliphatic heterocycles. The minimum absolute atomic E-state index is 0.133. The molecule has 1 aliphatic carbocycles. The number of hydrogen-bond donors (Lipinski definition) is 0. The molecule has 3 rings (SSSR count). The number of hydrogen-bond acceptors (Lipinski definition) is 2. The van der Waals surface area contributed by atoms with E-state index < -0.39 is 0 Å². The van der Waals surface area contributed by atoms with Gasteiger partial charge < -0.3 is 9.47 Å². The molecule has 0 atom stereocenters. The lowest BCUT2D eigenvalue weighted by Crippen LogP contribution is -2.17. The molecule has 0 aromatic heterocycles. The minimum atomic E-state index is 0.133. The van der Waals surface area contributed by atoms with Gasteiger partial charge in [-0.05, 0) is 82.4 Å². The first-order valence-electron chi connectivity index (χ1n) is 11.5. The number of methoxy groups -OCH3 is 1. The van der Waals surface area contributed by atoms with Gasteiger partial charge in [-0.3, -0.25) is 0 Å². The molecule has 4 bridgehead atoms. The number of aryl methyl sites for hydroxylation is 4. The zero-order valence-corrected chi connectivity index (χ0v) is 20.4. The predicted octanol–water partition coefficient (Wildman–Crippen LogP) is 6.71. The second-order valence-corrected chi connectivity index (χ2v) is 10.7. The Morgan fingerprint density at radius 3 is 1.47 bits per heavy atom. The first-order chi connectivity index (χ1) is 14.0. The third-order valence-corrected chi connectivity index (χ3v) is 6.39. The van der Waals surface area contributed by atoms with E-state index in [1.165, 1.54) is 38.9 Å². The van der Waals surface area contributed by atoms with Crippen molar-refractivity contribution in [1.29, 1.82) is 0 Å². The van der Waals surface area contributed by atoms with E-state index in [0.29, 0.717) is 6.61 Å². The van der Waals surface area contributed by atoms with Crippen molar-refractivity contribution in [3.05, 3.63) is 63.2 Å². The van der Waals surface area contributed by atoms with Gasteiger partial charge in [0.15, 0.2) is 0 Å². The van der Waals surface area contributed by atoms with E-state index >= 15 is 0 Å². The molecule has 0 saturated carbocycles. The van der Waals surface area contributed by atoms with Crippen LogP contribution < -0.4 is 4.74 Å². The lowest BCUT2D eigenvalue weighted by molar-refractivity contribution is 0.133. The highest BCUT2D eigenvalue weighted by Gasteiger charge is 2.23. The van der Waals surface area contributed by atoms with E-state index in [2.05, 4.69) is 72.7 Å². The molecule has 0 fully saturated rings. The predicted molar refractivity (Wildman–Crippen MR) is 127 cm³/mol. The van der Waals surface area contributed by atoms with Gasteiger partial charge in [-0.25, -0.2) is 0 Å². The van der Waals surface area contributed by atoms with Crippen LogP contribution in [0.1, 0.15) is 87.4 Å². The van der Waals surface area contributed by atoms with Crippen molar-refractivity contribution in [2.24, 2.45) is 0 Å². The van der Waals surface area contributed by atoms with Crippen LogP contribution in [-0.4, -0.2) is 13.7 Å². The van der Waals surface area contributed by atoms with Crippen molar-refractivity contribution in [2.45, 2.75) is 91.6 Å². The molecule has 164 valence electrons. The molecule has 0 saturated heterocycles. The van der Waals surface area contributed by atoms with Crippen LogP contribution in [0, 0.1) is 0 Å².